The molecule has 2 heteroatoms. The van der Waals surface area contributed by atoms with Crippen LogP contribution in [0.5, 0.6) is 0 Å². The minimum absolute atomic E-state index is 0.951. The first-order valence-electron chi connectivity index (χ1n) is 7.65. The molecule has 0 spiro atoms. The first-order valence-corrected chi connectivity index (χ1v) is 8.77. The summed E-state index contributed by atoms with van der Waals surface area (Å²) >= 11 is 3.54. The van der Waals surface area contributed by atoms with Gasteiger partial charge in [-0.2, -0.15) is 0 Å². The van der Waals surface area contributed by atoms with Crippen LogP contribution in [0.4, 0.5) is 5.69 Å². The van der Waals surface area contributed by atoms with Gasteiger partial charge in [0.25, 0.3) is 0 Å². The van der Waals surface area contributed by atoms with Gasteiger partial charge in [-0.15, -0.1) is 0 Å². The second-order valence-corrected chi connectivity index (χ2v) is 6.39. The fraction of sp³-hybridized carbons (Fsp3) is 0.647. The second-order valence-electron chi connectivity index (χ2n) is 5.83. The predicted molar refractivity (Wildman–Crippen MR) is 88.3 cm³/mol. The molecule has 0 N–H and O–H groups in total. The summed E-state index contributed by atoms with van der Waals surface area (Å²) in [6.45, 7) is 7.02. The number of rotatable bonds is 4. The van der Waals surface area contributed by atoms with Gasteiger partial charge in [0.15, 0.2) is 0 Å². The molecule has 1 aliphatic rings. The lowest BCUT2D eigenvalue weighted by molar-refractivity contribution is 0.435. The summed E-state index contributed by atoms with van der Waals surface area (Å²) in [5.74, 6) is 0.956. The molecule has 1 atom stereocenters. The SMILES string of the molecule is CCCC1CCCN(c2ccc(CBr)cc2C)CC1. The minimum atomic E-state index is 0.951. The Labute approximate surface area is 126 Å². The Bertz CT molecular complexity index is 402. The van der Waals surface area contributed by atoms with Gasteiger partial charge >= 0.3 is 0 Å². The average Bonchev–Trinajstić information content (AvgIpc) is 2.65. The quantitative estimate of drug-likeness (QED) is 0.680. The number of alkyl halides is 1. The monoisotopic (exact) mass is 323 g/mol. The van der Waals surface area contributed by atoms with Crippen LogP contribution in [0.25, 0.3) is 0 Å². The molecule has 19 heavy (non-hydrogen) atoms. The summed E-state index contributed by atoms with van der Waals surface area (Å²) in [7, 11) is 0. The minimum Gasteiger partial charge on any atom is -0.371 e. The van der Waals surface area contributed by atoms with Gasteiger partial charge in [-0.05, 0) is 49.3 Å². The number of anilines is 1. The van der Waals surface area contributed by atoms with Crippen molar-refractivity contribution in [1.29, 1.82) is 0 Å². The first kappa shape index (κ1) is 14.9. The molecule has 1 nitrogen and oxygen atoms in total. The Balaban J connectivity index is 2.05. The van der Waals surface area contributed by atoms with Crippen molar-refractivity contribution in [2.75, 3.05) is 18.0 Å². The van der Waals surface area contributed by atoms with Crippen molar-refractivity contribution in [3.63, 3.8) is 0 Å². The van der Waals surface area contributed by atoms with E-state index in [2.05, 4.69) is 52.9 Å². The fourth-order valence-electron chi connectivity index (χ4n) is 3.26. The summed E-state index contributed by atoms with van der Waals surface area (Å²) in [6, 6.07) is 6.88. The number of nitrogens with zero attached hydrogens (tertiary/aromatic N) is 1. The van der Waals surface area contributed by atoms with Gasteiger partial charge in [0.2, 0.25) is 0 Å². The van der Waals surface area contributed by atoms with Crippen molar-refractivity contribution in [3.05, 3.63) is 29.3 Å². The van der Waals surface area contributed by atoms with Gasteiger partial charge in [-0.3, -0.25) is 0 Å². The lowest BCUT2D eigenvalue weighted by atomic mass is 9.96. The van der Waals surface area contributed by atoms with Crippen molar-refractivity contribution in [2.45, 2.75) is 51.3 Å². The van der Waals surface area contributed by atoms with Crippen LogP contribution in [-0.2, 0) is 5.33 Å². The summed E-state index contributed by atoms with van der Waals surface area (Å²) < 4.78 is 0. The lowest BCUT2D eigenvalue weighted by Gasteiger charge is -2.25. The standard InChI is InChI=1S/C17H26BrN/c1-3-5-15-6-4-10-19(11-9-15)17-8-7-16(13-18)12-14(17)2/h7-8,12,15H,3-6,9-11,13H2,1-2H3. The van der Waals surface area contributed by atoms with Crippen molar-refractivity contribution in [3.8, 4) is 0 Å². The highest BCUT2D eigenvalue weighted by Crippen LogP contribution is 2.28. The summed E-state index contributed by atoms with van der Waals surface area (Å²) in [6.07, 6.45) is 6.89. The maximum atomic E-state index is 3.54. The largest absolute Gasteiger partial charge is 0.371 e. The number of hydrogen-bond donors (Lipinski definition) is 0. The van der Waals surface area contributed by atoms with Gasteiger partial charge in [0, 0.05) is 24.1 Å². The molecule has 1 aromatic carbocycles. The Morgan fingerprint density at radius 1 is 1.26 bits per heavy atom. The molecule has 0 saturated carbocycles. The highest BCUT2D eigenvalue weighted by Gasteiger charge is 2.17. The van der Waals surface area contributed by atoms with E-state index in [0.717, 1.165) is 11.2 Å². The summed E-state index contributed by atoms with van der Waals surface area (Å²) in [4.78, 5) is 2.60. The Morgan fingerprint density at radius 3 is 2.79 bits per heavy atom. The van der Waals surface area contributed by atoms with Crippen LogP contribution in [0.1, 0.15) is 50.2 Å². The topological polar surface area (TPSA) is 3.24 Å². The molecule has 1 aliphatic heterocycles. The Morgan fingerprint density at radius 2 is 2.11 bits per heavy atom. The number of aryl methyl sites for hydroxylation is 1. The highest BCUT2D eigenvalue weighted by molar-refractivity contribution is 9.08. The van der Waals surface area contributed by atoms with E-state index in [-0.39, 0.29) is 0 Å². The lowest BCUT2D eigenvalue weighted by Crippen LogP contribution is -2.25. The molecule has 1 unspecified atom stereocenters. The van der Waals surface area contributed by atoms with Crippen molar-refractivity contribution in [1.82, 2.24) is 0 Å². The normalized spacial score (nSPS) is 20.4. The molecule has 1 heterocycles. The third-order valence-electron chi connectivity index (χ3n) is 4.30. The maximum Gasteiger partial charge on any atom is 0.0396 e. The van der Waals surface area contributed by atoms with Crippen LogP contribution < -0.4 is 4.90 Å². The van der Waals surface area contributed by atoms with E-state index in [1.807, 2.05) is 0 Å². The molecule has 0 bridgehead atoms. The third kappa shape index (κ3) is 3.98. The van der Waals surface area contributed by atoms with E-state index in [1.165, 1.54) is 62.0 Å². The van der Waals surface area contributed by atoms with Crippen LogP contribution in [0.15, 0.2) is 18.2 Å². The van der Waals surface area contributed by atoms with Crippen LogP contribution in [0.2, 0.25) is 0 Å². The Kier molecular flexibility index (Phi) is 5.75. The van der Waals surface area contributed by atoms with E-state index in [4.69, 9.17) is 0 Å². The molecule has 1 aromatic rings. The van der Waals surface area contributed by atoms with Crippen LogP contribution >= 0.6 is 15.9 Å². The smallest absolute Gasteiger partial charge is 0.0396 e. The van der Waals surface area contributed by atoms with E-state index in [0.29, 0.717) is 0 Å². The third-order valence-corrected chi connectivity index (χ3v) is 4.95. The molecule has 2 rings (SSSR count). The summed E-state index contributed by atoms with van der Waals surface area (Å²) in [5.41, 5.74) is 4.24. The van der Waals surface area contributed by atoms with Crippen LogP contribution in [-0.4, -0.2) is 13.1 Å². The van der Waals surface area contributed by atoms with Crippen LogP contribution in [0.3, 0.4) is 0 Å². The number of hydrogen-bond acceptors (Lipinski definition) is 1. The van der Waals surface area contributed by atoms with Crippen molar-refractivity contribution in [2.24, 2.45) is 5.92 Å². The van der Waals surface area contributed by atoms with Gasteiger partial charge in [0.05, 0.1) is 0 Å². The number of halogens is 1. The van der Waals surface area contributed by atoms with Gasteiger partial charge in [-0.25, -0.2) is 0 Å². The second kappa shape index (κ2) is 7.33. The highest BCUT2D eigenvalue weighted by atomic mass is 79.9. The molecule has 1 saturated heterocycles. The molecule has 1 fully saturated rings. The molecule has 106 valence electrons. The fourth-order valence-corrected chi connectivity index (χ4v) is 3.61. The molecule has 0 aliphatic carbocycles. The average molecular weight is 324 g/mol. The molecular formula is C17H26BrN. The van der Waals surface area contributed by atoms with Crippen LogP contribution in [0, 0.1) is 12.8 Å². The molecule has 0 amide bonds. The van der Waals surface area contributed by atoms with E-state index in [1.54, 1.807) is 0 Å². The summed E-state index contributed by atoms with van der Waals surface area (Å²) in [5, 5.41) is 0.951. The predicted octanol–water partition coefficient (Wildman–Crippen LogP) is 5.30. The molecule has 0 aromatic heterocycles. The maximum absolute atomic E-state index is 3.54. The molecule has 0 radical (unpaired) electrons. The van der Waals surface area contributed by atoms with Crippen molar-refractivity contribution >= 4 is 21.6 Å². The van der Waals surface area contributed by atoms with Gasteiger partial charge in [-0.1, -0.05) is 47.8 Å². The zero-order valence-corrected chi connectivity index (χ0v) is 13.9. The zero-order valence-electron chi connectivity index (χ0n) is 12.3. The first-order chi connectivity index (χ1) is 9.24. The van der Waals surface area contributed by atoms with Gasteiger partial charge in [0.1, 0.15) is 0 Å². The Hall–Kier alpha value is -0.500. The van der Waals surface area contributed by atoms with E-state index < -0.39 is 0 Å². The number of benzene rings is 1. The van der Waals surface area contributed by atoms with E-state index in [9.17, 15) is 0 Å². The molecular weight excluding hydrogens is 298 g/mol. The van der Waals surface area contributed by atoms with Gasteiger partial charge < -0.3 is 4.90 Å². The zero-order chi connectivity index (χ0) is 13.7. The van der Waals surface area contributed by atoms with E-state index >= 15 is 0 Å². The van der Waals surface area contributed by atoms with Crippen molar-refractivity contribution < 1.29 is 0 Å².